The molecule has 0 amide bonds. The molecule has 0 aliphatic carbocycles. The van der Waals surface area contributed by atoms with Crippen molar-refractivity contribution in [3.05, 3.63) is 23.8 Å². The second-order valence-electron chi connectivity index (χ2n) is 18.0. The molecule has 0 radical (unpaired) electrons. The number of rotatable bonds is 12. The highest BCUT2D eigenvalue weighted by Gasteiger charge is 2.47. The molecule has 3 N–H and O–H groups in total. The lowest BCUT2D eigenvalue weighted by molar-refractivity contribution is -0.304. The maximum atomic E-state index is 13.9. The third-order valence-electron chi connectivity index (χ3n) is 13.4. The summed E-state index contributed by atoms with van der Waals surface area (Å²) in [6, 6.07) is -0.233. The molecule has 4 aliphatic heterocycles. The van der Waals surface area contributed by atoms with Crippen LogP contribution in [0.15, 0.2) is 23.8 Å². The zero-order valence-corrected chi connectivity index (χ0v) is 37.7. The van der Waals surface area contributed by atoms with Gasteiger partial charge in [0.1, 0.15) is 30.5 Å². The van der Waals surface area contributed by atoms with Crippen LogP contribution in [0.1, 0.15) is 93.4 Å². The molecule has 3 saturated heterocycles. The predicted molar refractivity (Wildman–Crippen MR) is 223 cm³/mol. The van der Waals surface area contributed by atoms with Gasteiger partial charge in [-0.1, -0.05) is 51.8 Å². The molecule has 4 aliphatic rings. The number of ether oxygens (including phenoxy) is 7. The number of likely N-dealkylation sites (N-methyl/N-ethyl adjacent to an activating group) is 1. The van der Waals surface area contributed by atoms with Gasteiger partial charge in [-0.25, -0.2) is 0 Å². The first-order valence-electron chi connectivity index (χ1n) is 22.2. The number of cyclic esters (lactones) is 1. The number of hydrogen-bond donors (Lipinski definition) is 3. The summed E-state index contributed by atoms with van der Waals surface area (Å²) >= 11 is 0. The minimum atomic E-state index is -1.16. The van der Waals surface area contributed by atoms with E-state index in [1.807, 2.05) is 59.7 Å². The number of hydrogen-bond acceptors (Lipinski definition) is 14. The summed E-state index contributed by atoms with van der Waals surface area (Å²) in [5.74, 6) is -2.22. The van der Waals surface area contributed by atoms with Crippen molar-refractivity contribution in [2.75, 3.05) is 54.6 Å². The monoisotopic (exact) mass is 839 g/mol. The molecule has 59 heavy (non-hydrogen) atoms. The van der Waals surface area contributed by atoms with Gasteiger partial charge in [0.2, 0.25) is 0 Å². The van der Waals surface area contributed by atoms with Gasteiger partial charge in [-0.3, -0.25) is 9.59 Å². The van der Waals surface area contributed by atoms with E-state index in [0.29, 0.717) is 19.3 Å². The van der Waals surface area contributed by atoms with E-state index in [2.05, 4.69) is 11.8 Å². The quantitative estimate of drug-likeness (QED) is 0.240. The molecule has 3 fully saturated rings. The first kappa shape index (κ1) is 49.8. The average molecular weight is 839 g/mol. The van der Waals surface area contributed by atoms with E-state index in [1.165, 1.54) is 20.6 Å². The summed E-state index contributed by atoms with van der Waals surface area (Å²) in [6.07, 6.45) is 1.73. The smallest absolute Gasteiger partial charge is 0.308 e. The minimum absolute atomic E-state index is 0.0301. The van der Waals surface area contributed by atoms with E-state index in [1.54, 1.807) is 19.1 Å². The second-order valence-corrected chi connectivity index (χ2v) is 18.0. The van der Waals surface area contributed by atoms with Crippen LogP contribution in [0.5, 0.6) is 0 Å². The lowest BCUT2D eigenvalue weighted by Crippen LogP contribution is -2.60. The summed E-state index contributed by atoms with van der Waals surface area (Å²) in [7, 11) is 6.87. The Hall–Kier alpha value is -1.82. The fourth-order valence-electron chi connectivity index (χ4n) is 9.54. The van der Waals surface area contributed by atoms with Crippen LogP contribution in [0.2, 0.25) is 0 Å². The number of ketones is 1. The summed E-state index contributed by atoms with van der Waals surface area (Å²) in [5.41, 5.74) is 0.783. The fraction of sp³-hybridized carbons (Fsp3) is 0.867. The van der Waals surface area contributed by atoms with Gasteiger partial charge in [0.15, 0.2) is 18.4 Å². The zero-order chi connectivity index (χ0) is 43.6. The van der Waals surface area contributed by atoms with Crippen LogP contribution >= 0.6 is 0 Å². The SMILES string of the molecule is CCC1OC(=O)CC(O)C(C)C(OC2OC(C)C(C)C(N(C)C)C2O)C(CCN2CCCCC2)CC(C)C(=O)/C=C/C(C)=C/C1COC1OC(C)C(O)C(OC)C1OC. The van der Waals surface area contributed by atoms with Crippen molar-refractivity contribution in [1.29, 1.82) is 0 Å². The maximum absolute atomic E-state index is 13.9. The number of aliphatic hydroxyl groups is 3. The predicted octanol–water partition coefficient (Wildman–Crippen LogP) is 4.12. The molecule has 0 aromatic carbocycles. The van der Waals surface area contributed by atoms with Gasteiger partial charge < -0.3 is 58.3 Å². The van der Waals surface area contributed by atoms with Crippen molar-refractivity contribution in [1.82, 2.24) is 9.80 Å². The molecular formula is C45H78N2O12. The first-order chi connectivity index (χ1) is 28.0. The number of likely N-dealkylation sites (tertiary alicyclic amines) is 1. The molecule has 340 valence electrons. The Morgan fingerprint density at radius 2 is 1.51 bits per heavy atom. The van der Waals surface area contributed by atoms with Crippen LogP contribution in [0, 0.1) is 29.6 Å². The number of aliphatic hydroxyl groups excluding tert-OH is 3. The normalized spacial score (nSPS) is 42.9. The number of piperidine rings is 1. The highest BCUT2D eigenvalue weighted by Crippen LogP contribution is 2.36. The molecular weight excluding hydrogens is 760 g/mol. The summed E-state index contributed by atoms with van der Waals surface area (Å²) in [5, 5.41) is 34.3. The molecule has 0 spiro atoms. The van der Waals surface area contributed by atoms with Crippen molar-refractivity contribution in [3.63, 3.8) is 0 Å². The first-order valence-corrected chi connectivity index (χ1v) is 22.2. The molecule has 14 nitrogen and oxygen atoms in total. The van der Waals surface area contributed by atoms with E-state index >= 15 is 0 Å². The topological polar surface area (TPSA) is 166 Å². The fourth-order valence-corrected chi connectivity index (χ4v) is 9.54. The lowest BCUT2D eigenvalue weighted by atomic mass is 9.79. The van der Waals surface area contributed by atoms with Gasteiger partial charge in [0, 0.05) is 43.9 Å². The minimum Gasteiger partial charge on any atom is -0.462 e. The van der Waals surface area contributed by atoms with E-state index in [0.717, 1.165) is 38.0 Å². The number of esters is 1. The molecule has 17 unspecified atom stereocenters. The van der Waals surface area contributed by atoms with E-state index in [-0.39, 0.29) is 48.7 Å². The molecule has 0 saturated carbocycles. The van der Waals surface area contributed by atoms with Crippen LogP contribution in [0.25, 0.3) is 0 Å². The Labute approximate surface area is 353 Å². The number of nitrogens with zero attached hydrogens (tertiary/aromatic N) is 2. The second kappa shape index (κ2) is 23.6. The molecule has 0 aromatic rings. The largest absolute Gasteiger partial charge is 0.462 e. The standard InChI is InChI=1S/C45H78N2O12/c1-12-36-33(25-55-45-43(54-11)42(53-10)39(51)31(7)57-45)22-26(2)16-17-34(48)27(3)23-32(18-21-47-19-14-13-15-20-47)41(29(5)35(49)24-37(50)58-36)59-44-40(52)38(46(8)9)28(4)30(6)56-44/h16-17,22,27-33,35-36,38-45,49,51-52H,12-15,18-21,23-25H2,1-11H3/b17-16+,26-22+. The van der Waals surface area contributed by atoms with Crippen LogP contribution in [0.3, 0.4) is 0 Å². The Morgan fingerprint density at radius 3 is 2.14 bits per heavy atom. The third-order valence-corrected chi connectivity index (χ3v) is 13.4. The highest BCUT2D eigenvalue weighted by molar-refractivity contribution is 5.91. The van der Waals surface area contributed by atoms with Crippen molar-refractivity contribution in [2.24, 2.45) is 29.6 Å². The Kier molecular flexibility index (Phi) is 19.9. The molecule has 4 heterocycles. The van der Waals surface area contributed by atoms with Gasteiger partial charge in [0.25, 0.3) is 0 Å². The van der Waals surface area contributed by atoms with Crippen molar-refractivity contribution >= 4 is 11.8 Å². The Balaban J connectivity index is 1.67. The van der Waals surface area contributed by atoms with Crippen LogP contribution in [-0.4, -0.2) is 165 Å². The van der Waals surface area contributed by atoms with Crippen LogP contribution in [-0.2, 0) is 42.7 Å². The zero-order valence-electron chi connectivity index (χ0n) is 37.7. The van der Waals surface area contributed by atoms with Gasteiger partial charge in [-0.15, -0.1) is 0 Å². The van der Waals surface area contributed by atoms with E-state index < -0.39 is 79.2 Å². The third kappa shape index (κ3) is 13.3. The molecule has 0 bridgehead atoms. The van der Waals surface area contributed by atoms with Crippen molar-refractivity contribution in [2.45, 2.75) is 167 Å². The summed E-state index contributed by atoms with van der Waals surface area (Å²) in [4.78, 5) is 32.2. The summed E-state index contributed by atoms with van der Waals surface area (Å²) in [6.45, 7) is 16.3. The number of carbonyl (C=O) groups excluding carboxylic acids is 2. The van der Waals surface area contributed by atoms with Gasteiger partial charge in [-0.05, 0) is 98.6 Å². The van der Waals surface area contributed by atoms with Crippen LogP contribution in [0.4, 0.5) is 0 Å². The molecule has 0 aromatic heterocycles. The van der Waals surface area contributed by atoms with E-state index in [9.17, 15) is 24.9 Å². The van der Waals surface area contributed by atoms with Gasteiger partial charge >= 0.3 is 5.97 Å². The average Bonchev–Trinajstić information content (AvgIpc) is 3.20. The number of carbonyl (C=O) groups is 2. The van der Waals surface area contributed by atoms with Crippen LogP contribution < -0.4 is 0 Å². The number of methoxy groups -OCH3 is 2. The van der Waals surface area contributed by atoms with Gasteiger partial charge in [-0.2, -0.15) is 0 Å². The Bertz CT molecular complexity index is 1360. The van der Waals surface area contributed by atoms with Crippen molar-refractivity contribution in [3.8, 4) is 0 Å². The maximum Gasteiger partial charge on any atom is 0.308 e. The highest BCUT2D eigenvalue weighted by atomic mass is 16.7. The van der Waals surface area contributed by atoms with E-state index in [4.69, 9.17) is 33.2 Å². The summed E-state index contributed by atoms with van der Waals surface area (Å²) < 4.78 is 42.9. The lowest BCUT2D eigenvalue weighted by Gasteiger charge is -2.47. The van der Waals surface area contributed by atoms with Crippen molar-refractivity contribution < 1.29 is 58.1 Å². The molecule has 4 rings (SSSR count). The Morgan fingerprint density at radius 1 is 0.847 bits per heavy atom. The molecule has 17 atom stereocenters. The molecule has 14 heteroatoms. The van der Waals surface area contributed by atoms with Gasteiger partial charge in [0.05, 0.1) is 37.4 Å². The number of allylic oxidation sites excluding steroid dienone is 3.